The average Bonchev–Trinajstić information content (AvgIpc) is 3.16. The molecular weight excluding hydrogens is 368 g/mol. The molecule has 0 fully saturated rings. The van der Waals surface area contributed by atoms with E-state index < -0.39 is 0 Å². The van der Waals surface area contributed by atoms with Crippen LogP contribution in [0.4, 0.5) is 0 Å². The third kappa shape index (κ3) is 4.14. The van der Waals surface area contributed by atoms with Crippen LogP contribution in [0.5, 0.6) is 5.75 Å². The highest BCUT2D eigenvalue weighted by Crippen LogP contribution is 2.30. The quantitative estimate of drug-likeness (QED) is 0.630. The predicted octanol–water partition coefficient (Wildman–Crippen LogP) is 4.45. The van der Waals surface area contributed by atoms with Gasteiger partial charge >= 0.3 is 0 Å². The molecule has 0 spiro atoms. The van der Waals surface area contributed by atoms with Crippen molar-refractivity contribution in [1.82, 2.24) is 10.3 Å². The molecule has 0 unspecified atom stereocenters. The topological polar surface area (TPSA) is 51.2 Å². The molecule has 1 aliphatic rings. The van der Waals surface area contributed by atoms with E-state index in [9.17, 15) is 4.79 Å². The van der Waals surface area contributed by atoms with Gasteiger partial charge in [-0.05, 0) is 78.8 Å². The van der Waals surface area contributed by atoms with Gasteiger partial charge in [0.05, 0.1) is 18.4 Å². The summed E-state index contributed by atoms with van der Waals surface area (Å²) < 4.78 is 5.15. The van der Waals surface area contributed by atoms with E-state index in [2.05, 4.69) is 30.4 Å². The van der Waals surface area contributed by atoms with Crippen LogP contribution in [0, 0.1) is 6.92 Å². The Balaban J connectivity index is 1.38. The molecular formula is C23H24N2O2S. The summed E-state index contributed by atoms with van der Waals surface area (Å²) in [6.45, 7) is 2.58. The molecule has 1 amide bonds. The van der Waals surface area contributed by atoms with Crippen LogP contribution in [0.25, 0.3) is 10.9 Å². The lowest BCUT2D eigenvalue weighted by molar-refractivity contribution is -0.118. The predicted molar refractivity (Wildman–Crippen MR) is 114 cm³/mol. The number of thioether (sulfide) groups is 1. The SMILES string of the molecule is COc1ccc(CNC(=O)CSc2nc3cc4c(cc3cc2C)CCC4)cc1. The van der Waals surface area contributed by atoms with Crippen LogP contribution in [-0.4, -0.2) is 23.8 Å². The first kappa shape index (κ1) is 18.8. The Labute approximate surface area is 169 Å². The summed E-state index contributed by atoms with van der Waals surface area (Å²) in [5, 5.41) is 5.10. The lowest BCUT2D eigenvalue weighted by Gasteiger charge is -2.10. The van der Waals surface area contributed by atoms with E-state index in [4.69, 9.17) is 9.72 Å². The number of rotatable bonds is 6. The number of nitrogens with one attached hydrogen (secondary N) is 1. The standard InChI is InChI=1S/C23H24N2O2S/c1-15-10-19-11-17-4-3-5-18(17)12-21(19)25-23(15)28-14-22(26)24-13-16-6-8-20(27-2)9-7-16/h6-12H,3-5,13-14H2,1-2H3,(H,24,26). The van der Waals surface area contributed by atoms with E-state index in [0.29, 0.717) is 12.3 Å². The number of hydrogen-bond acceptors (Lipinski definition) is 4. The fourth-order valence-corrected chi connectivity index (χ4v) is 4.43. The fourth-order valence-electron chi connectivity index (χ4n) is 3.61. The Hall–Kier alpha value is -2.53. The second kappa shape index (κ2) is 8.23. The van der Waals surface area contributed by atoms with Crippen LogP contribution < -0.4 is 10.1 Å². The molecule has 2 aromatic carbocycles. The van der Waals surface area contributed by atoms with Crippen molar-refractivity contribution in [3.05, 3.63) is 64.7 Å². The number of aryl methyl sites for hydroxylation is 3. The molecule has 1 aliphatic carbocycles. The molecule has 4 nitrogen and oxygen atoms in total. The van der Waals surface area contributed by atoms with Gasteiger partial charge in [-0.15, -0.1) is 0 Å². The van der Waals surface area contributed by atoms with E-state index in [0.717, 1.165) is 33.8 Å². The van der Waals surface area contributed by atoms with Gasteiger partial charge in [0, 0.05) is 11.9 Å². The summed E-state index contributed by atoms with van der Waals surface area (Å²) in [6, 6.07) is 14.4. The highest BCUT2D eigenvalue weighted by molar-refractivity contribution is 7.99. The van der Waals surface area contributed by atoms with Gasteiger partial charge < -0.3 is 10.1 Å². The minimum atomic E-state index is 0.0102. The van der Waals surface area contributed by atoms with E-state index in [1.165, 1.54) is 41.1 Å². The zero-order chi connectivity index (χ0) is 19.5. The number of nitrogens with zero attached hydrogens (tertiary/aromatic N) is 1. The molecule has 1 N–H and O–H groups in total. The highest BCUT2D eigenvalue weighted by Gasteiger charge is 2.14. The summed E-state index contributed by atoms with van der Waals surface area (Å²) in [6.07, 6.45) is 3.56. The number of hydrogen-bond donors (Lipinski definition) is 1. The van der Waals surface area contributed by atoms with Gasteiger partial charge in [0.1, 0.15) is 10.8 Å². The number of carbonyl (C=O) groups is 1. The zero-order valence-corrected chi connectivity index (χ0v) is 17.1. The molecule has 5 heteroatoms. The molecule has 3 aromatic rings. The summed E-state index contributed by atoms with van der Waals surface area (Å²) in [5.74, 6) is 1.19. The minimum absolute atomic E-state index is 0.0102. The van der Waals surface area contributed by atoms with Gasteiger partial charge in [0.15, 0.2) is 0 Å². The van der Waals surface area contributed by atoms with Crippen molar-refractivity contribution in [3.8, 4) is 5.75 Å². The van der Waals surface area contributed by atoms with Gasteiger partial charge in [-0.1, -0.05) is 23.9 Å². The van der Waals surface area contributed by atoms with Gasteiger partial charge in [-0.2, -0.15) is 0 Å². The molecule has 144 valence electrons. The molecule has 1 heterocycles. The first-order valence-corrected chi connectivity index (χ1v) is 10.6. The van der Waals surface area contributed by atoms with Crippen LogP contribution in [0.2, 0.25) is 0 Å². The molecule has 0 atom stereocenters. The van der Waals surface area contributed by atoms with Crippen LogP contribution >= 0.6 is 11.8 Å². The normalized spacial score (nSPS) is 12.8. The number of methoxy groups -OCH3 is 1. The lowest BCUT2D eigenvalue weighted by atomic mass is 10.1. The Morgan fingerprint density at radius 2 is 1.89 bits per heavy atom. The first-order valence-electron chi connectivity index (χ1n) is 9.58. The molecule has 0 aliphatic heterocycles. The summed E-state index contributed by atoms with van der Waals surface area (Å²) in [4.78, 5) is 17.1. The number of amides is 1. The minimum Gasteiger partial charge on any atom is -0.497 e. The Bertz CT molecular complexity index is 1020. The van der Waals surface area contributed by atoms with Gasteiger partial charge in [-0.3, -0.25) is 4.79 Å². The summed E-state index contributed by atoms with van der Waals surface area (Å²) >= 11 is 1.50. The third-order valence-corrected chi connectivity index (χ3v) is 6.25. The average molecular weight is 393 g/mol. The molecule has 1 aromatic heterocycles. The lowest BCUT2D eigenvalue weighted by Crippen LogP contribution is -2.24. The molecule has 0 saturated carbocycles. The van der Waals surface area contributed by atoms with Crippen molar-refractivity contribution in [1.29, 1.82) is 0 Å². The maximum atomic E-state index is 12.3. The van der Waals surface area contributed by atoms with Crippen molar-refractivity contribution in [2.75, 3.05) is 12.9 Å². The molecule has 28 heavy (non-hydrogen) atoms. The van der Waals surface area contributed by atoms with Crippen LogP contribution in [0.3, 0.4) is 0 Å². The Kier molecular flexibility index (Phi) is 5.53. The van der Waals surface area contributed by atoms with Crippen molar-refractivity contribution >= 4 is 28.6 Å². The van der Waals surface area contributed by atoms with E-state index >= 15 is 0 Å². The maximum Gasteiger partial charge on any atom is 0.230 e. The summed E-state index contributed by atoms with van der Waals surface area (Å²) in [5.41, 5.74) is 6.10. The van der Waals surface area contributed by atoms with Crippen molar-refractivity contribution in [3.63, 3.8) is 0 Å². The molecule has 0 bridgehead atoms. The van der Waals surface area contributed by atoms with E-state index in [1.807, 2.05) is 24.3 Å². The number of benzene rings is 2. The zero-order valence-electron chi connectivity index (χ0n) is 16.2. The monoisotopic (exact) mass is 392 g/mol. The largest absolute Gasteiger partial charge is 0.497 e. The van der Waals surface area contributed by atoms with Crippen LogP contribution in [-0.2, 0) is 24.2 Å². The van der Waals surface area contributed by atoms with Crippen molar-refractivity contribution in [2.24, 2.45) is 0 Å². The van der Waals surface area contributed by atoms with Crippen LogP contribution in [0.1, 0.15) is 28.7 Å². The number of pyridine rings is 1. The van der Waals surface area contributed by atoms with Gasteiger partial charge in [0.2, 0.25) is 5.91 Å². The highest BCUT2D eigenvalue weighted by atomic mass is 32.2. The molecule has 0 radical (unpaired) electrons. The first-order chi connectivity index (χ1) is 13.6. The van der Waals surface area contributed by atoms with E-state index in [-0.39, 0.29) is 5.91 Å². The summed E-state index contributed by atoms with van der Waals surface area (Å²) in [7, 11) is 1.64. The number of aromatic nitrogens is 1. The molecule has 4 rings (SSSR count). The second-order valence-corrected chi connectivity index (χ2v) is 8.16. The maximum absolute atomic E-state index is 12.3. The number of fused-ring (bicyclic) bond motifs is 2. The van der Waals surface area contributed by atoms with Crippen molar-refractivity contribution < 1.29 is 9.53 Å². The van der Waals surface area contributed by atoms with E-state index in [1.54, 1.807) is 7.11 Å². The third-order valence-electron chi connectivity index (χ3n) is 5.16. The van der Waals surface area contributed by atoms with Crippen LogP contribution in [0.15, 0.2) is 47.5 Å². The molecule has 0 saturated heterocycles. The van der Waals surface area contributed by atoms with Gasteiger partial charge in [0.25, 0.3) is 0 Å². The Morgan fingerprint density at radius 3 is 2.64 bits per heavy atom. The van der Waals surface area contributed by atoms with Crippen molar-refractivity contribution in [2.45, 2.75) is 37.8 Å². The second-order valence-electron chi connectivity index (χ2n) is 7.19. The Morgan fingerprint density at radius 1 is 1.14 bits per heavy atom. The number of carbonyl (C=O) groups excluding carboxylic acids is 1. The smallest absolute Gasteiger partial charge is 0.230 e. The number of ether oxygens (including phenoxy) is 1. The van der Waals surface area contributed by atoms with Gasteiger partial charge in [-0.25, -0.2) is 4.98 Å². The fraction of sp³-hybridized carbons (Fsp3) is 0.304.